The molecule has 0 heterocycles. The van der Waals surface area contributed by atoms with Crippen LogP contribution in [-0.4, -0.2) is 32.5 Å². The highest BCUT2D eigenvalue weighted by atomic mass is 16.5. The summed E-state index contributed by atoms with van der Waals surface area (Å²) in [5.41, 5.74) is 1.29. The zero-order chi connectivity index (χ0) is 17.8. The first kappa shape index (κ1) is 19.6. The normalized spacial score (nSPS) is 10.3. The van der Waals surface area contributed by atoms with Crippen molar-refractivity contribution in [3.63, 3.8) is 0 Å². The van der Waals surface area contributed by atoms with Gasteiger partial charge in [-0.05, 0) is 19.2 Å². The Kier molecular flexibility index (Phi) is 8.44. The molecule has 0 radical (unpaired) electrons. The van der Waals surface area contributed by atoms with E-state index in [1.54, 1.807) is 24.3 Å². The van der Waals surface area contributed by atoms with Crippen molar-refractivity contribution >= 4 is 12.3 Å². The van der Waals surface area contributed by atoms with Gasteiger partial charge in [0.15, 0.2) is 0 Å². The highest BCUT2D eigenvalue weighted by molar-refractivity contribution is 5.89. The second-order valence-electron chi connectivity index (χ2n) is 6.17. The summed E-state index contributed by atoms with van der Waals surface area (Å²) in [6, 6.07) is 18.1. The zero-order valence-corrected chi connectivity index (χ0v) is 14.5. The van der Waals surface area contributed by atoms with E-state index in [2.05, 4.69) is 19.2 Å². The fraction of sp³-hybridized carbons (Fsp3) is 0.300. The van der Waals surface area contributed by atoms with Crippen molar-refractivity contribution in [3.05, 3.63) is 71.8 Å². The predicted octanol–water partition coefficient (Wildman–Crippen LogP) is 3.59. The summed E-state index contributed by atoms with van der Waals surface area (Å²) >= 11 is 0. The van der Waals surface area contributed by atoms with E-state index in [9.17, 15) is 9.59 Å². The molecule has 0 spiro atoms. The third kappa shape index (κ3) is 7.70. The van der Waals surface area contributed by atoms with Crippen molar-refractivity contribution in [3.8, 4) is 0 Å². The van der Waals surface area contributed by atoms with Gasteiger partial charge in [-0.1, -0.05) is 62.4 Å². The topological polar surface area (TPSA) is 55.4 Å². The number of benzene rings is 2. The van der Waals surface area contributed by atoms with Crippen LogP contribution in [0.5, 0.6) is 0 Å². The molecule has 0 aliphatic heterocycles. The van der Waals surface area contributed by atoms with Crippen molar-refractivity contribution < 1.29 is 14.3 Å². The van der Waals surface area contributed by atoms with Gasteiger partial charge < -0.3 is 10.1 Å². The van der Waals surface area contributed by atoms with E-state index in [1.807, 2.05) is 43.4 Å². The van der Waals surface area contributed by atoms with Crippen LogP contribution in [0, 0.1) is 5.41 Å². The number of hydrogen-bond donors (Lipinski definition) is 1. The van der Waals surface area contributed by atoms with E-state index in [1.165, 1.54) is 0 Å². The molecule has 24 heavy (non-hydrogen) atoms. The summed E-state index contributed by atoms with van der Waals surface area (Å²) < 4.78 is 5.27. The van der Waals surface area contributed by atoms with Gasteiger partial charge in [0.1, 0.15) is 6.29 Å². The van der Waals surface area contributed by atoms with Crippen molar-refractivity contribution in [1.82, 2.24) is 5.32 Å². The molecule has 0 amide bonds. The lowest BCUT2D eigenvalue weighted by molar-refractivity contribution is 0.0344. The lowest BCUT2D eigenvalue weighted by atomic mass is 9.95. The molecule has 2 rings (SSSR count). The van der Waals surface area contributed by atoms with Crippen molar-refractivity contribution in [1.29, 1.82) is 0 Å². The van der Waals surface area contributed by atoms with Crippen LogP contribution in [0.1, 0.15) is 34.6 Å². The van der Waals surface area contributed by atoms with Gasteiger partial charge in [-0.25, -0.2) is 4.79 Å². The Morgan fingerprint density at radius 3 is 2.04 bits per heavy atom. The monoisotopic (exact) mass is 327 g/mol. The number of aldehydes is 1. The third-order valence-electron chi connectivity index (χ3n) is 3.19. The number of rotatable bonds is 6. The van der Waals surface area contributed by atoms with Gasteiger partial charge in [0.05, 0.1) is 12.2 Å². The molecule has 0 atom stereocenters. The molecule has 0 unspecified atom stereocenters. The van der Waals surface area contributed by atoms with Gasteiger partial charge >= 0.3 is 5.97 Å². The molecule has 0 saturated carbocycles. The molecule has 2 aromatic rings. The number of hydrogen-bond acceptors (Lipinski definition) is 4. The molecule has 2 aromatic carbocycles. The summed E-state index contributed by atoms with van der Waals surface area (Å²) in [5, 5.41) is 3.08. The smallest absolute Gasteiger partial charge is 0.338 e. The largest absolute Gasteiger partial charge is 0.461 e. The fourth-order valence-electron chi connectivity index (χ4n) is 1.98. The number of nitrogens with one attached hydrogen (secondary N) is 1. The molecule has 0 aromatic heterocycles. The average Bonchev–Trinajstić information content (AvgIpc) is 2.62. The van der Waals surface area contributed by atoms with Crippen LogP contribution in [0.2, 0.25) is 0 Å². The van der Waals surface area contributed by atoms with E-state index >= 15 is 0 Å². The summed E-state index contributed by atoms with van der Waals surface area (Å²) in [6.07, 6.45) is 0.833. The summed E-state index contributed by atoms with van der Waals surface area (Å²) in [5.74, 6) is -0.259. The van der Waals surface area contributed by atoms with Gasteiger partial charge in [-0.15, -0.1) is 0 Å². The summed E-state index contributed by atoms with van der Waals surface area (Å²) in [7, 11) is 1.89. The molecule has 0 bridgehead atoms. The molecule has 0 aliphatic rings. The molecule has 1 N–H and O–H groups in total. The minimum absolute atomic E-state index is 0.0425. The lowest BCUT2D eigenvalue weighted by Gasteiger charge is -2.23. The van der Waals surface area contributed by atoms with Gasteiger partial charge in [0, 0.05) is 17.5 Å². The van der Waals surface area contributed by atoms with Crippen LogP contribution < -0.4 is 5.32 Å². The molecule has 4 nitrogen and oxygen atoms in total. The third-order valence-corrected chi connectivity index (χ3v) is 3.19. The van der Waals surface area contributed by atoms with Crippen LogP contribution in [0.3, 0.4) is 0 Å². The molecule has 0 saturated heterocycles. The predicted molar refractivity (Wildman–Crippen MR) is 96.3 cm³/mol. The second-order valence-corrected chi connectivity index (χ2v) is 6.17. The van der Waals surface area contributed by atoms with E-state index < -0.39 is 0 Å². The first-order valence-corrected chi connectivity index (χ1v) is 7.85. The van der Waals surface area contributed by atoms with Gasteiger partial charge in [0.2, 0.25) is 0 Å². The number of carbonyl (C=O) groups is 2. The molecular formula is C20H25NO3. The maximum absolute atomic E-state index is 11.7. The van der Waals surface area contributed by atoms with Crippen LogP contribution in [0.15, 0.2) is 60.7 Å². The zero-order valence-electron chi connectivity index (χ0n) is 14.5. The van der Waals surface area contributed by atoms with Crippen molar-refractivity contribution in [2.75, 3.05) is 20.2 Å². The van der Waals surface area contributed by atoms with E-state index in [0.717, 1.165) is 18.4 Å². The Labute approximate surface area is 143 Å². The van der Waals surface area contributed by atoms with Crippen LogP contribution in [-0.2, 0) is 4.74 Å². The standard InChI is InChI=1S/C13H19NO2.C7H6O/c1-13(2,9-14-3)10-16-12(15)11-7-5-4-6-8-11;8-6-7-4-2-1-3-5-7/h4-8,14H,9-10H2,1-3H3;1-6H. The molecule has 0 fully saturated rings. The van der Waals surface area contributed by atoms with E-state index in [0.29, 0.717) is 12.2 Å². The number of esters is 1. The Morgan fingerprint density at radius 2 is 1.58 bits per heavy atom. The summed E-state index contributed by atoms with van der Waals surface area (Å²) in [6.45, 7) is 5.35. The maximum Gasteiger partial charge on any atom is 0.338 e. The highest BCUT2D eigenvalue weighted by Gasteiger charge is 2.19. The minimum Gasteiger partial charge on any atom is -0.461 e. The lowest BCUT2D eigenvalue weighted by Crippen LogP contribution is -2.32. The fourth-order valence-corrected chi connectivity index (χ4v) is 1.98. The molecule has 4 heteroatoms. The number of carbonyl (C=O) groups excluding carboxylic acids is 2. The first-order valence-electron chi connectivity index (χ1n) is 7.85. The quantitative estimate of drug-likeness (QED) is 0.651. The van der Waals surface area contributed by atoms with E-state index in [4.69, 9.17) is 4.74 Å². The molecule has 128 valence electrons. The Balaban J connectivity index is 0.000000300. The SMILES string of the molecule is CNCC(C)(C)COC(=O)c1ccccc1.O=Cc1ccccc1. The van der Waals surface area contributed by atoms with Gasteiger partial charge in [-0.2, -0.15) is 0 Å². The van der Waals surface area contributed by atoms with Gasteiger partial charge in [0.25, 0.3) is 0 Å². The Morgan fingerprint density at radius 1 is 1.04 bits per heavy atom. The number of ether oxygens (including phenoxy) is 1. The Hall–Kier alpha value is -2.46. The molecule has 0 aliphatic carbocycles. The van der Waals surface area contributed by atoms with Crippen LogP contribution in [0.25, 0.3) is 0 Å². The highest BCUT2D eigenvalue weighted by Crippen LogP contribution is 2.14. The van der Waals surface area contributed by atoms with E-state index in [-0.39, 0.29) is 11.4 Å². The minimum atomic E-state index is -0.259. The van der Waals surface area contributed by atoms with Crippen LogP contribution in [0.4, 0.5) is 0 Å². The van der Waals surface area contributed by atoms with Crippen LogP contribution >= 0.6 is 0 Å². The van der Waals surface area contributed by atoms with Gasteiger partial charge in [-0.3, -0.25) is 4.79 Å². The average molecular weight is 327 g/mol. The second kappa shape index (κ2) is 10.3. The van der Waals surface area contributed by atoms with Crippen molar-refractivity contribution in [2.24, 2.45) is 5.41 Å². The maximum atomic E-state index is 11.7. The van der Waals surface area contributed by atoms with Crippen molar-refractivity contribution in [2.45, 2.75) is 13.8 Å². The first-order chi connectivity index (χ1) is 11.5. The molecular weight excluding hydrogens is 302 g/mol. The Bertz CT molecular complexity index is 609. The summed E-state index contributed by atoms with van der Waals surface area (Å²) in [4.78, 5) is 21.7.